The SMILES string of the molecule is CCc1cc(C2CCCN2C(=O)c2ccc(F)cc2)on1. The number of carbonyl (C=O) groups excluding carboxylic acids is 1. The number of aromatic nitrogens is 1. The predicted molar refractivity (Wildman–Crippen MR) is 75.3 cm³/mol. The van der Waals surface area contributed by atoms with E-state index in [9.17, 15) is 9.18 Å². The van der Waals surface area contributed by atoms with Crippen molar-refractivity contribution in [3.63, 3.8) is 0 Å². The van der Waals surface area contributed by atoms with Gasteiger partial charge >= 0.3 is 0 Å². The van der Waals surface area contributed by atoms with E-state index >= 15 is 0 Å². The number of benzene rings is 1. The highest BCUT2D eigenvalue weighted by Crippen LogP contribution is 2.33. The number of aryl methyl sites for hydroxylation is 1. The van der Waals surface area contributed by atoms with Crippen LogP contribution in [0, 0.1) is 5.82 Å². The molecule has 1 amide bonds. The van der Waals surface area contributed by atoms with Crippen LogP contribution in [0.25, 0.3) is 0 Å². The van der Waals surface area contributed by atoms with Crippen molar-refractivity contribution in [2.75, 3.05) is 6.54 Å². The van der Waals surface area contributed by atoms with Crippen molar-refractivity contribution >= 4 is 5.91 Å². The molecule has 1 aromatic heterocycles. The normalized spacial score (nSPS) is 18.2. The largest absolute Gasteiger partial charge is 0.359 e. The Balaban J connectivity index is 1.83. The first-order chi connectivity index (χ1) is 10.2. The van der Waals surface area contributed by atoms with Crippen LogP contribution in [0.15, 0.2) is 34.9 Å². The first-order valence-corrected chi connectivity index (χ1v) is 7.21. The summed E-state index contributed by atoms with van der Waals surface area (Å²) in [6.07, 6.45) is 2.60. The van der Waals surface area contributed by atoms with Gasteiger partial charge < -0.3 is 9.42 Å². The average molecular weight is 288 g/mol. The summed E-state index contributed by atoms with van der Waals surface area (Å²) in [4.78, 5) is 14.3. The molecule has 3 rings (SSSR count). The Kier molecular flexibility index (Phi) is 3.73. The number of hydrogen-bond acceptors (Lipinski definition) is 3. The van der Waals surface area contributed by atoms with E-state index in [1.807, 2.05) is 13.0 Å². The number of likely N-dealkylation sites (tertiary alicyclic amines) is 1. The molecule has 1 aromatic carbocycles. The van der Waals surface area contributed by atoms with Gasteiger partial charge in [0.25, 0.3) is 5.91 Å². The van der Waals surface area contributed by atoms with Gasteiger partial charge in [-0.05, 0) is 43.5 Å². The second kappa shape index (κ2) is 5.68. The molecule has 1 aliphatic rings. The van der Waals surface area contributed by atoms with Gasteiger partial charge in [-0.3, -0.25) is 4.79 Å². The van der Waals surface area contributed by atoms with Crippen molar-refractivity contribution in [3.8, 4) is 0 Å². The Bertz CT molecular complexity index is 636. The predicted octanol–water partition coefficient (Wildman–Crippen LogP) is 3.35. The molecule has 0 radical (unpaired) electrons. The summed E-state index contributed by atoms with van der Waals surface area (Å²) >= 11 is 0. The van der Waals surface area contributed by atoms with E-state index in [0.29, 0.717) is 12.1 Å². The molecule has 0 saturated carbocycles. The molecule has 1 aliphatic heterocycles. The first kappa shape index (κ1) is 13.8. The minimum Gasteiger partial charge on any atom is -0.359 e. The number of amides is 1. The standard InChI is InChI=1S/C16H17FN2O2/c1-2-13-10-15(21-18-13)14-4-3-9-19(14)16(20)11-5-7-12(17)8-6-11/h5-8,10,14H,2-4,9H2,1H3. The maximum Gasteiger partial charge on any atom is 0.254 e. The van der Waals surface area contributed by atoms with E-state index in [0.717, 1.165) is 30.7 Å². The third kappa shape index (κ3) is 2.68. The molecular formula is C16H17FN2O2. The highest BCUT2D eigenvalue weighted by Gasteiger charge is 2.33. The van der Waals surface area contributed by atoms with Gasteiger partial charge in [0.05, 0.1) is 11.7 Å². The topological polar surface area (TPSA) is 46.3 Å². The molecule has 4 nitrogen and oxygen atoms in total. The van der Waals surface area contributed by atoms with Gasteiger partial charge in [0.2, 0.25) is 0 Å². The molecule has 0 bridgehead atoms. The zero-order chi connectivity index (χ0) is 14.8. The summed E-state index contributed by atoms with van der Waals surface area (Å²) in [7, 11) is 0. The Morgan fingerprint density at radius 1 is 1.43 bits per heavy atom. The molecule has 0 spiro atoms. The maximum absolute atomic E-state index is 13.0. The van der Waals surface area contributed by atoms with Gasteiger partial charge in [0.1, 0.15) is 5.82 Å². The van der Waals surface area contributed by atoms with Gasteiger partial charge in [-0.15, -0.1) is 0 Å². The molecule has 0 aliphatic carbocycles. The highest BCUT2D eigenvalue weighted by molar-refractivity contribution is 5.94. The van der Waals surface area contributed by atoms with Crippen LogP contribution in [0.4, 0.5) is 4.39 Å². The Morgan fingerprint density at radius 2 is 2.19 bits per heavy atom. The Hall–Kier alpha value is -2.17. The van der Waals surface area contributed by atoms with E-state index in [4.69, 9.17) is 4.52 Å². The zero-order valence-corrected chi connectivity index (χ0v) is 11.9. The molecule has 2 heterocycles. The van der Waals surface area contributed by atoms with Gasteiger partial charge in [-0.25, -0.2) is 4.39 Å². The van der Waals surface area contributed by atoms with Crippen molar-refractivity contribution < 1.29 is 13.7 Å². The second-order valence-electron chi connectivity index (χ2n) is 5.24. The van der Waals surface area contributed by atoms with E-state index in [2.05, 4.69) is 5.16 Å². The molecule has 5 heteroatoms. The van der Waals surface area contributed by atoms with Gasteiger partial charge in [-0.2, -0.15) is 0 Å². The van der Waals surface area contributed by atoms with Crippen LogP contribution in [0.2, 0.25) is 0 Å². The summed E-state index contributed by atoms with van der Waals surface area (Å²) in [5, 5.41) is 3.99. The zero-order valence-electron chi connectivity index (χ0n) is 11.9. The van der Waals surface area contributed by atoms with E-state index in [1.165, 1.54) is 24.3 Å². The monoisotopic (exact) mass is 288 g/mol. The van der Waals surface area contributed by atoms with Gasteiger partial charge in [0, 0.05) is 18.2 Å². The van der Waals surface area contributed by atoms with Gasteiger partial charge in [0.15, 0.2) is 5.76 Å². The summed E-state index contributed by atoms with van der Waals surface area (Å²) in [6.45, 7) is 2.70. The smallest absolute Gasteiger partial charge is 0.254 e. The third-order valence-electron chi connectivity index (χ3n) is 3.87. The molecule has 1 atom stereocenters. The number of nitrogens with zero attached hydrogens (tertiary/aromatic N) is 2. The molecular weight excluding hydrogens is 271 g/mol. The number of hydrogen-bond donors (Lipinski definition) is 0. The Morgan fingerprint density at radius 3 is 2.86 bits per heavy atom. The lowest BCUT2D eigenvalue weighted by molar-refractivity contribution is 0.0714. The van der Waals surface area contributed by atoms with Crippen LogP contribution in [0.1, 0.15) is 47.6 Å². The first-order valence-electron chi connectivity index (χ1n) is 7.21. The number of rotatable bonds is 3. The van der Waals surface area contributed by atoms with E-state index in [-0.39, 0.29) is 17.8 Å². The van der Waals surface area contributed by atoms with Crippen molar-refractivity contribution in [3.05, 3.63) is 53.2 Å². The van der Waals surface area contributed by atoms with Crippen LogP contribution in [-0.2, 0) is 6.42 Å². The van der Waals surface area contributed by atoms with Crippen LogP contribution < -0.4 is 0 Å². The lowest BCUT2D eigenvalue weighted by Gasteiger charge is -2.22. The minimum absolute atomic E-state index is 0.0737. The van der Waals surface area contributed by atoms with Crippen LogP contribution in [0.5, 0.6) is 0 Å². The van der Waals surface area contributed by atoms with Crippen molar-refractivity contribution in [2.24, 2.45) is 0 Å². The van der Waals surface area contributed by atoms with E-state index < -0.39 is 0 Å². The summed E-state index contributed by atoms with van der Waals surface area (Å²) in [6, 6.07) is 7.50. The van der Waals surface area contributed by atoms with Crippen LogP contribution in [0.3, 0.4) is 0 Å². The van der Waals surface area contributed by atoms with Crippen molar-refractivity contribution in [1.29, 1.82) is 0 Å². The second-order valence-corrected chi connectivity index (χ2v) is 5.24. The summed E-state index contributed by atoms with van der Waals surface area (Å²) in [5.74, 6) is 0.305. The summed E-state index contributed by atoms with van der Waals surface area (Å²) in [5.41, 5.74) is 1.39. The molecule has 2 aromatic rings. The fraction of sp³-hybridized carbons (Fsp3) is 0.375. The fourth-order valence-electron chi connectivity index (χ4n) is 2.72. The minimum atomic E-state index is -0.340. The molecule has 1 unspecified atom stereocenters. The van der Waals surface area contributed by atoms with Crippen LogP contribution in [-0.4, -0.2) is 22.5 Å². The van der Waals surface area contributed by atoms with Gasteiger partial charge in [-0.1, -0.05) is 12.1 Å². The third-order valence-corrected chi connectivity index (χ3v) is 3.87. The van der Waals surface area contributed by atoms with Crippen LogP contribution >= 0.6 is 0 Å². The maximum atomic E-state index is 13.0. The lowest BCUT2D eigenvalue weighted by Crippen LogP contribution is -2.30. The fourth-order valence-corrected chi connectivity index (χ4v) is 2.72. The quantitative estimate of drug-likeness (QED) is 0.870. The van der Waals surface area contributed by atoms with Crippen molar-refractivity contribution in [2.45, 2.75) is 32.2 Å². The van der Waals surface area contributed by atoms with E-state index in [1.54, 1.807) is 4.90 Å². The molecule has 0 N–H and O–H groups in total. The average Bonchev–Trinajstić information content (AvgIpc) is 3.15. The molecule has 21 heavy (non-hydrogen) atoms. The molecule has 110 valence electrons. The molecule has 1 fully saturated rings. The van der Waals surface area contributed by atoms with Crippen molar-refractivity contribution in [1.82, 2.24) is 10.1 Å². The molecule has 1 saturated heterocycles. The number of halogens is 1. The Labute approximate surface area is 122 Å². The number of carbonyl (C=O) groups is 1. The summed E-state index contributed by atoms with van der Waals surface area (Å²) < 4.78 is 18.3. The lowest BCUT2D eigenvalue weighted by atomic mass is 10.1. The highest BCUT2D eigenvalue weighted by atomic mass is 19.1.